The second-order valence-corrected chi connectivity index (χ2v) is 5.98. The first-order chi connectivity index (χ1) is 8.67. The highest BCUT2D eigenvalue weighted by molar-refractivity contribution is 5.81. The Kier molecular flexibility index (Phi) is 5.17. The molecule has 1 aliphatic rings. The maximum absolute atomic E-state index is 11.8. The Balaban J connectivity index is 2.34. The van der Waals surface area contributed by atoms with Crippen LogP contribution in [0.3, 0.4) is 0 Å². The molecule has 0 aromatic heterocycles. The van der Waals surface area contributed by atoms with Gasteiger partial charge in [0.15, 0.2) is 0 Å². The van der Waals surface area contributed by atoms with E-state index in [9.17, 15) is 9.59 Å². The lowest BCUT2D eigenvalue weighted by Crippen LogP contribution is -2.43. The molecule has 19 heavy (non-hydrogen) atoms. The van der Waals surface area contributed by atoms with E-state index < -0.39 is 23.7 Å². The number of hydrogen-bond acceptors (Lipinski definition) is 5. The Morgan fingerprint density at radius 3 is 2.47 bits per heavy atom. The van der Waals surface area contributed by atoms with Crippen molar-refractivity contribution in [1.82, 2.24) is 10.2 Å². The molecule has 1 unspecified atom stereocenters. The molecule has 110 valence electrons. The third-order valence-electron chi connectivity index (χ3n) is 2.72. The number of nitrogens with one attached hydrogen (secondary N) is 1. The number of ether oxygens (including phenoxy) is 2. The molecule has 0 saturated carbocycles. The Bertz CT molecular complexity index is 338. The van der Waals surface area contributed by atoms with Crippen molar-refractivity contribution in [3.63, 3.8) is 0 Å². The second kappa shape index (κ2) is 6.23. The van der Waals surface area contributed by atoms with Crippen LogP contribution in [0.2, 0.25) is 0 Å². The average molecular weight is 272 g/mol. The number of nitrogens with zero attached hydrogens (tertiary/aromatic N) is 1. The van der Waals surface area contributed by atoms with Gasteiger partial charge in [-0.15, -0.1) is 0 Å². The zero-order valence-corrected chi connectivity index (χ0v) is 12.4. The van der Waals surface area contributed by atoms with E-state index in [4.69, 9.17) is 9.47 Å². The number of likely N-dealkylation sites (tertiary alicyclic amines) is 1. The summed E-state index contributed by atoms with van der Waals surface area (Å²) in [6, 6.07) is -0.708. The molecule has 1 N–H and O–H groups in total. The number of carbonyl (C=O) groups excluding carboxylic acids is 2. The maximum atomic E-state index is 11.8. The first kappa shape index (κ1) is 15.8. The predicted octanol–water partition coefficient (Wildman–Crippen LogP) is 1.15. The van der Waals surface area contributed by atoms with Crippen LogP contribution in [-0.2, 0) is 14.3 Å². The van der Waals surface area contributed by atoms with E-state index in [0.717, 1.165) is 19.5 Å². The van der Waals surface area contributed by atoms with E-state index in [1.807, 2.05) is 7.05 Å². The molecule has 1 amide bonds. The summed E-state index contributed by atoms with van der Waals surface area (Å²) in [5.74, 6) is -0.425. The number of alkyl carbamates (subject to hydrolysis) is 1. The fourth-order valence-electron chi connectivity index (χ4n) is 1.80. The van der Waals surface area contributed by atoms with Crippen molar-refractivity contribution < 1.29 is 19.1 Å². The van der Waals surface area contributed by atoms with Crippen LogP contribution in [0.5, 0.6) is 0 Å². The van der Waals surface area contributed by atoms with E-state index in [0.29, 0.717) is 0 Å². The molecule has 0 aromatic carbocycles. The molecule has 1 fully saturated rings. The highest BCUT2D eigenvalue weighted by atomic mass is 16.6. The normalized spacial score (nSPS) is 21.8. The number of carbonyl (C=O) groups is 2. The monoisotopic (exact) mass is 272 g/mol. The fourth-order valence-corrected chi connectivity index (χ4v) is 1.80. The number of likely N-dealkylation sites (N-methyl/N-ethyl adjacent to an activating group) is 1. The SMILES string of the molecule is C[C@@H](NC(=O)OC(C)(C)C)C(=O)OC1CCN(C)C1. The summed E-state index contributed by atoms with van der Waals surface area (Å²) in [4.78, 5) is 25.4. The highest BCUT2D eigenvalue weighted by Gasteiger charge is 2.27. The summed E-state index contributed by atoms with van der Waals surface area (Å²) in [7, 11) is 1.98. The van der Waals surface area contributed by atoms with Gasteiger partial charge in [-0.3, -0.25) is 0 Å². The first-order valence-corrected chi connectivity index (χ1v) is 6.56. The standard InChI is InChI=1S/C13H24N2O4/c1-9(14-12(17)19-13(2,3)4)11(16)18-10-6-7-15(5)8-10/h9-10H,6-8H2,1-5H3,(H,14,17)/t9-,10?/m1/s1. The van der Waals surface area contributed by atoms with Crippen LogP contribution in [-0.4, -0.2) is 54.8 Å². The van der Waals surface area contributed by atoms with Crippen LogP contribution < -0.4 is 5.32 Å². The van der Waals surface area contributed by atoms with Gasteiger partial charge in [-0.25, -0.2) is 9.59 Å². The molecule has 1 heterocycles. The molecule has 0 aliphatic carbocycles. The molecule has 0 spiro atoms. The van der Waals surface area contributed by atoms with Gasteiger partial charge in [-0.05, 0) is 41.2 Å². The van der Waals surface area contributed by atoms with E-state index in [-0.39, 0.29) is 6.10 Å². The minimum absolute atomic E-state index is 0.0830. The third-order valence-corrected chi connectivity index (χ3v) is 2.72. The Hall–Kier alpha value is -1.30. The quantitative estimate of drug-likeness (QED) is 0.781. The van der Waals surface area contributed by atoms with Gasteiger partial charge >= 0.3 is 12.1 Å². The molecule has 0 bridgehead atoms. The summed E-state index contributed by atoms with van der Waals surface area (Å²) in [5.41, 5.74) is -0.581. The smallest absolute Gasteiger partial charge is 0.408 e. The molecule has 6 nitrogen and oxygen atoms in total. The molecule has 0 radical (unpaired) electrons. The van der Waals surface area contributed by atoms with Gasteiger partial charge < -0.3 is 19.7 Å². The number of rotatable bonds is 3. The fraction of sp³-hybridized carbons (Fsp3) is 0.846. The van der Waals surface area contributed by atoms with Crippen LogP contribution in [0.4, 0.5) is 4.79 Å². The molecule has 0 aromatic rings. The highest BCUT2D eigenvalue weighted by Crippen LogP contribution is 2.11. The van der Waals surface area contributed by atoms with Crippen molar-refractivity contribution in [2.45, 2.75) is 51.9 Å². The van der Waals surface area contributed by atoms with Crippen molar-refractivity contribution in [3.05, 3.63) is 0 Å². The van der Waals surface area contributed by atoms with Gasteiger partial charge in [0.25, 0.3) is 0 Å². The zero-order valence-electron chi connectivity index (χ0n) is 12.4. The van der Waals surface area contributed by atoms with Crippen LogP contribution in [0, 0.1) is 0 Å². The average Bonchev–Trinajstić information content (AvgIpc) is 2.60. The summed E-state index contributed by atoms with van der Waals surface area (Å²) in [5, 5.41) is 2.47. The molecular weight excluding hydrogens is 248 g/mol. The third kappa shape index (κ3) is 5.92. The first-order valence-electron chi connectivity index (χ1n) is 6.56. The zero-order chi connectivity index (χ0) is 14.6. The van der Waals surface area contributed by atoms with Gasteiger partial charge in [0.1, 0.15) is 17.7 Å². The van der Waals surface area contributed by atoms with Crippen molar-refractivity contribution in [1.29, 1.82) is 0 Å². The molecule has 6 heteroatoms. The summed E-state index contributed by atoms with van der Waals surface area (Å²) in [6.07, 6.45) is 0.141. The predicted molar refractivity (Wildman–Crippen MR) is 70.8 cm³/mol. The van der Waals surface area contributed by atoms with E-state index in [1.165, 1.54) is 0 Å². The molecule has 1 aliphatic heterocycles. The van der Waals surface area contributed by atoms with E-state index >= 15 is 0 Å². The summed E-state index contributed by atoms with van der Waals surface area (Å²) >= 11 is 0. The topological polar surface area (TPSA) is 67.9 Å². The van der Waals surface area contributed by atoms with Gasteiger partial charge in [0.2, 0.25) is 0 Å². The van der Waals surface area contributed by atoms with Gasteiger partial charge in [-0.1, -0.05) is 0 Å². The molecular formula is C13H24N2O4. The Morgan fingerprint density at radius 1 is 1.37 bits per heavy atom. The van der Waals surface area contributed by atoms with Crippen LogP contribution >= 0.6 is 0 Å². The number of hydrogen-bond donors (Lipinski definition) is 1. The van der Waals surface area contributed by atoms with Crippen molar-refractivity contribution >= 4 is 12.1 Å². The minimum atomic E-state index is -0.708. The lowest BCUT2D eigenvalue weighted by molar-refractivity contribution is -0.150. The minimum Gasteiger partial charge on any atom is -0.459 e. The van der Waals surface area contributed by atoms with Crippen LogP contribution in [0.15, 0.2) is 0 Å². The van der Waals surface area contributed by atoms with Gasteiger partial charge in [0.05, 0.1) is 0 Å². The Labute approximate surface area is 114 Å². The summed E-state index contributed by atoms with van der Waals surface area (Å²) < 4.78 is 10.4. The molecule has 2 atom stereocenters. The number of amides is 1. The van der Waals surface area contributed by atoms with Gasteiger partial charge in [0, 0.05) is 13.1 Å². The Morgan fingerprint density at radius 2 is 2.00 bits per heavy atom. The van der Waals surface area contributed by atoms with Crippen LogP contribution in [0.1, 0.15) is 34.1 Å². The van der Waals surface area contributed by atoms with Crippen molar-refractivity contribution in [2.75, 3.05) is 20.1 Å². The van der Waals surface area contributed by atoms with Crippen LogP contribution in [0.25, 0.3) is 0 Å². The maximum Gasteiger partial charge on any atom is 0.408 e. The van der Waals surface area contributed by atoms with E-state index in [2.05, 4.69) is 10.2 Å². The van der Waals surface area contributed by atoms with Crippen molar-refractivity contribution in [3.8, 4) is 0 Å². The summed E-state index contributed by atoms with van der Waals surface area (Å²) in [6.45, 7) is 8.55. The molecule has 1 rings (SSSR count). The van der Waals surface area contributed by atoms with Crippen molar-refractivity contribution in [2.24, 2.45) is 0 Å². The largest absolute Gasteiger partial charge is 0.459 e. The van der Waals surface area contributed by atoms with Gasteiger partial charge in [-0.2, -0.15) is 0 Å². The number of esters is 1. The van der Waals surface area contributed by atoms with E-state index in [1.54, 1.807) is 27.7 Å². The lowest BCUT2D eigenvalue weighted by Gasteiger charge is -2.22. The second-order valence-electron chi connectivity index (χ2n) is 5.98. The lowest BCUT2D eigenvalue weighted by atomic mass is 10.2. The molecule has 1 saturated heterocycles.